The Morgan fingerprint density at radius 1 is 1.26 bits per heavy atom. The van der Waals surface area contributed by atoms with Crippen LogP contribution in [0.2, 0.25) is 0 Å². The second-order valence-electron chi connectivity index (χ2n) is 4.86. The van der Waals surface area contributed by atoms with E-state index < -0.39 is 0 Å². The quantitative estimate of drug-likeness (QED) is 0.696. The molecule has 0 radical (unpaired) electrons. The fraction of sp³-hybridized carbons (Fsp3) is 0.267. The van der Waals surface area contributed by atoms with Gasteiger partial charge in [-0.3, -0.25) is 0 Å². The van der Waals surface area contributed by atoms with E-state index in [0.29, 0.717) is 0 Å². The van der Waals surface area contributed by atoms with Crippen molar-refractivity contribution in [2.45, 2.75) is 26.8 Å². The maximum atomic E-state index is 5.63. The number of H-pyrrole nitrogens is 1. The summed E-state index contributed by atoms with van der Waals surface area (Å²) >= 11 is 5.46. The number of benzene rings is 1. The van der Waals surface area contributed by atoms with E-state index >= 15 is 0 Å². The first-order valence-electron chi connectivity index (χ1n) is 6.34. The number of nitrogens with one attached hydrogen (secondary N) is 1. The minimum absolute atomic E-state index is 0.154. The molecule has 0 fully saturated rings. The van der Waals surface area contributed by atoms with Crippen LogP contribution in [0.5, 0.6) is 0 Å². The Hall–Kier alpha value is -1.81. The molecule has 1 aromatic carbocycles. The predicted octanol–water partition coefficient (Wildman–Crippen LogP) is 4.52. The van der Waals surface area contributed by atoms with Crippen LogP contribution in [-0.2, 0) is 0 Å². The number of aryl methyl sites for hydroxylation is 2. The fourth-order valence-corrected chi connectivity index (χ4v) is 3.03. The van der Waals surface area contributed by atoms with Gasteiger partial charge in [0.05, 0.1) is 17.1 Å². The number of para-hydroxylation sites is 2. The van der Waals surface area contributed by atoms with Gasteiger partial charge in [-0.1, -0.05) is 12.1 Å². The number of aromatic nitrogens is 2. The summed E-state index contributed by atoms with van der Waals surface area (Å²) in [6.07, 6.45) is 0. The highest BCUT2D eigenvalue weighted by atomic mass is 32.1. The number of nitrogens with zero attached hydrogens (tertiary/aromatic N) is 1. The van der Waals surface area contributed by atoms with Gasteiger partial charge in [-0.2, -0.15) is 0 Å². The molecule has 3 aromatic rings. The molecule has 2 aromatic heterocycles. The Bertz CT molecular complexity index is 794. The van der Waals surface area contributed by atoms with E-state index in [0.717, 1.165) is 27.3 Å². The molecule has 2 heterocycles. The van der Waals surface area contributed by atoms with Gasteiger partial charge >= 0.3 is 0 Å². The number of aromatic amines is 1. The summed E-state index contributed by atoms with van der Waals surface area (Å²) in [6, 6.07) is 10.4. The monoisotopic (exact) mass is 272 g/mol. The van der Waals surface area contributed by atoms with Crippen molar-refractivity contribution in [3.8, 4) is 0 Å². The molecule has 19 heavy (non-hydrogen) atoms. The Morgan fingerprint density at radius 2 is 2.00 bits per heavy atom. The van der Waals surface area contributed by atoms with Gasteiger partial charge in [0, 0.05) is 5.56 Å². The second-order valence-corrected chi connectivity index (χ2v) is 5.25. The maximum absolute atomic E-state index is 5.63. The van der Waals surface area contributed by atoms with Crippen LogP contribution in [-0.4, -0.2) is 9.55 Å². The highest BCUT2D eigenvalue weighted by Gasteiger charge is 2.17. The zero-order valence-electron chi connectivity index (χ0n) is 11.2. The lowest BCUT2D eigenvalue weighted by Gasteiger charge is -2.13. The van der Waals surface area contributed by atoms with Crippen LogP contribution in [0.15, 0.2) is 34.7 Å². The van der Waals surface area contributed by atoms with Crippen molar-refractivity contribution in [3.63, 3.8) is 0 Å². The number of hydrogen-bond acceptors (Lipinski definition) is 2. The average Bonchev–Trinajstić information content (AvgIpc) is 2.87. The van der Waals surface area contributed by atoms with Gasteiger partial charge < -0.3 is 14.0 Å². The van der Waals surface area contributed by atoms with E-state index in [1.54, 1.807) is 0 Å². The third kappa shape index (κ3) is 1.92. The topological polar surface area (TPSA) is 33.9 Å². The minimum Gasteiger partial charge on any atom is -0.466 e. The molecule has 0 spiro atoms. The van der Waals surface area contributed by atoms with Gasteiger partial charge in [0.1, 0.15) is 11.5 Å². The van der Waals surface area contributed by atoms with Gasteiger partial charge in [-0.15, -0.1) is 0 Å². The zero-order chi connectivity index (χ0) is 13.6. The lowest BCUT2D eigenvalue weighted by atomic mass is 10.1. The maximum Gasteiger partial charge on any atom is 0.178 e. The van der Waals surface area contributed by atoms with Crippen molar-refractivity contribution in [1.29, 1.82) is 0 Å². The predicted molar refractivity (Wildman–Crippen MR) is 79.1 cm³/mol. The number of furan rings is 1. The molecule has 1 unspecified atom stereocenters. The van der Waals surface area contributed by atoms with Gasteiger partial charge in [0.15, 0.2) is 4.77 Å². The number of imidazole rings is 1. The lowest BCUT2D eigenvalue weighted by Crippen LogP contribution is -2.06. The molecule has 1 N–H and O–H groups in total. The highest BCUT2D eigenvalue weighted by molar-refractivity contribution is 7.71. The third-order valence-electron chi connectivity index (χ3n) is 3.54. The molecule has 3 rings (SSSR count). The van der Waals surface area contributed by atoms with Crippen LogP contribution in [0.1, 0.15) is 30.0 Å². The molecular weight excluding hydrogens is 256 g/mol. The highest BCUT2D eigenvalue weighted by Crippen LogP contribution is 2.28. The zero-order valence-corrected chi connectivity index (χ0v) is 12.0. The van der Waals surface area contributed by atoms with E-state index in [-0.39, 0.29) is 6.04 Å². The molecule has 0 saturated heterocycles. The molecule has 3 nitrogen and oxygen atoms in total. The molecule has 98 valence electrons. The first-order chi connectivity index (χ1) is 9.08. The van der Waals surface area contributed by atoms with E-state index in [1.807, 2.05) is 32.0 Å². The smallest absolute Gasteiger partial charge is 0.178 e. The molecule has 1 atom stereocenters. The van der Waals surface area contributed by atoms with Crippen molar-refractivity contribution < 1.29 is 4.42 Å². The first kappa shape index (κ1) is 12.2. The van der Waals surface area contributed by atoms with E-state index in [9.17, 15) is 0 Å². The van der Waals surface area contributed by atoms with E-state index in [1.165, 1.54) is 5.56 Å². The van der Waals surface area contributed by atoms with Crippen molar-refractivity contribution >= 4 is 23.3 Å². The summed E-state index contributed by atoms with van der Waals surface area (Å²) in [7, 11) is 0. The summed E-state index contributed by atoms with van der Waals surface area (Å²) in [5, 5.41) is 0. The van der Waals surface area contributed by atoms with Crippen LogP contribution in [0.25, 0.3) is 11.0 Å². The van der Waals surface area contributed by atoms with Crippen molar-refractivity contribution in [2.75, 3.05) is 0 Å². The largest absolute Gasteiger partial charge is 0.466 e. The van der Waals surface area contributed by atoms with Crippen molar-refractivity contribution in [1.82, 2.24) is 9.55 Å². The normalized spacial score (nSPS) is 13.0. The third-order valence-corrected chi connectivity index (χ3v) is 3.84. The summed E-state index contributed by atoms with van der Waals surface area (Å²) in [6.45, 7) is 6.11. The van der Waals surface area contributed by atoms with Crippen molar-refractivity contribution in [2.24, 2.45) is 0 Å². The standard InChI is InChI=1S/C15H16N2OS/c1-9-8-12(11(3)18-9)10(2)17-14-7-5-4-6-13(14)16-15(17)19/h4-8,10H,1-3H3,(H,16,19). The summed E-state index contributed by atoms with van der Waals surface area (Å²) in [5.74, 6) is 1.89. The molecule has 0 saturated carbocycles. The molecule has 0 amide bonds. The summed E-state index contributed by atoms with van der Waals surface area (Å²) in [4.78, 5) is 3.25. The van der Waals surface area contributed by atoms with Crippen LogP contribution in [0.3, 0.4) is 0 Å². The van der Waals surface area contributed by atoms with E-state index in [4.69, 9.17) is 16.6 Å². The molecule has 0 aliphatic rings. The number of fused-ring (bicyclic) bond motifs is 1. The molecule has 0 aliphatic carbocycles. The first-order valence-corrected chi connectivity index (χ1v) is 6.75. The van der Waals surface area contributed by atoms with Gasteiger partial charge in [0.25, 0.3) is 0 Å². The Labute approximate surface area is 116 Å². The lowest BCUT2D eigenvalue weighted by molar-refractivity contribution is 0.495. The Kier molecular flexibility index (Phi) is 2.82. The number of hydrogen-bond donors (Lipinski definition) is 1. The minimum atomic E-state index is 0.154. The summed E-state index contributed by atoms with van der Waals surface area (Å²) in [5.41, 5.74) is 3.37. The van der Waals surface area contributed by atoms with E-state index in [2.05, 4.69) is 28.6 Å². The fourth-order valence-electron chi connectivity index (χ4n) is 2.66. The van der Waals surface area contributed by atoms with Gasteiger partial charge in [0.2, 0.25) is 0 Å². The van der Waals surface area contributed by atoms with Crippen LogP contribution >= 0.6 is 12.2 Å². The Morgan fingerprint density at radius 3 is 2.68 bits per heavy atom. The summed E-state index contributed by atoms with van der Waals surface area (Å²) < 4.78 is 8.51. The molecule has 0 bridgehead atoms. The molecule has 0 aliphatic heterocycles. The van der Waals surface area contributed by atoms with Crippen molar-refractivity contribution in [3.05, 3.63) is 52.2 Å². The number of rotatable bonds is 2. The van der Waals surface area contributed by atoms with Gasteiger partial charge in [-0.05, 0) is 51.2 Å². The SMILES string of the molecule is Cc1cc(C(C)n2c(=S)[nH]c3ccccc32)c(C)o1. The second kappa shape index (κ2) is 4.38. The van der Waals surface area contributed by atoms with Gasteiger partial charge in [-0.25, -0.2) is 0 Å². The molecular formula is C15H16N2OS. The van der Waals surface area contributed by atoms with Crippen LogP contribution < -0.4 is 0 Å². The average molecular weight is 272 g/mol. The van der Waals surface area contributed by atoms with Crippen LogP contribution in [0, 0.1) is 18.6 Å². The molecule has 4 heteroatoms. The Balaban J connectivity index is 2.22. The van der Waals surface area contributed by atoms with Crippen LogP contribution in [0.4, 0.5) is 0 Å².